The second kappa shape index (κ2) is 4.84. The summed E-state index contributed by atoms with van der Waals surface area (Å²) in [6.07, 6.45) is 2.59. The fraction of sp³-hybridized carbons (Fsp3) is 1.00. The van der Waals surface area contributed by atoms with Crippen LogP contribution in [0.4, 0.5) is 0 Å². The van der Waals surface area contributed by atoms with Gasteiger partial charge in [-0.3, -0.25) is 4.90 Å². The first-order valence-electron chi connectivity index (χ1n) is 6.31. The summed E-state index contributed by atoms with van der Waals surface area (Å²) < 4.78 is 0. The number of β-amino-alcohol motifs (C(OH)–C–C–N with tert-alkyl or cyclic N) is 1. The van der Waals surface area contributed by atoms with Crippen molar-refractivity contribution in [1.29, 1.82) is 0 Å². The summed E-state index contributed by atoms with van der Waals surface area (Å²) >= 11 is 0. The van der Waals surface area contributed by atoms with Gasteiger partial charge in [0.05, 0.1) is 5.60 Å². The highest BCUT2D eigenvalue weighted by Crippen LogP contribution is 2.27. The molecule has 2 heteroatoms. The van der Waals surface area contributed by atoms with E-state index >= 15 is 0 Å². The third-order valence-electron chi connectivity index (χ3n) is 3.95. The molecule has 0 radical (unpaired) electrons. The summed E-state index contributed by atoms with van der Waals surface area (Å²) in [6, 6.07) is 0.676. The minimum Gasteiger partial charge on any atom is -0.389 e. The van der Waals surface area contributed by atoms with Crippen LogP contribution in [0.15, 0.2) is 0 Å². The monoisotopic (exact) mass is 213 g/mol. The Labute approximate surface area is 94.7 Å². The molecule has 1 aliphatic heterocycles. The fourth-order valence-electron chi connectivity index (χ4n) is 2.40. The molecule has 1 rings (SSSR count). The van der Waals surface area contributed by atoms with Crippen molar-refractivity contribution in [3.63, 3.8) is 0 Å². The van der Waals surface area contributed by atoms with Crippen LogP contribution in [0, 0.1) is 11.8 Å². The molecule has 0 bridgehead atoms. The lowest BCUT2D eigenvalue weighted by molar-refractivity contribution is -0.0255. The van der Waals surface area contributed by atoms with Crippen molar-refractivity contribution in [3.8, 4) is 0 Å². The Morgan fingerprint density at radius 2 is 1.93 bits per heavy atom. The Morgan fingerprint density at radius 1 is 1.33 bits per heavy atom. The number of nitrogens with zero attached hydrogens (tertiary/aromatic N) is 1. The molecule has 1 aliphatic rings. The first-order valence-corrected chi connectivity index (χ1v) is 6.31. The van der Waals surface area contributed by atoms with Gasteiger partial charge in [0.25, 0.3) is 0 Å². The number of rotatable bonds is 4. The van der Waals surface area contributed by atoms with Gasteiger partial charge in [0.1, 0.15) is 0 Å². The third-order valence-corrected chi connectivity index (χ3v) is 3.95. The Balaban J connectivity index is 2.57. The molecule has 15 heavy (non-hydrogen) atoms. The van der Waals surface area contributed by atoms with E-state index in [0.717, 1.165) is 13.1 Å². The van der Waals surface area contributed by atoms with Crippen LogP contribution in [0.1, 0.15) is 47.5 Å². The zero-order chi connectivity index (χ0) is 11.6. The summed E-state index contributed by atoms with van der Waals surface area (Å²) in [5.41, 5.74) is -0.544. The normalized spacial score (nSPS) is 27.6. The van der Waals surface area contributed by atoms with Crippen LogP contribution in [-0.2, 0) is 0 Å². The molecule has 1 saturated heterocycles. The van der Waals surface area contributed by atoms with Gasteiger partial charge in [0.15, 0.2) is 0 Å². The van der Waals surface area contributed by atoms with Crippen LogP contribution in [-0.4, -0.2) is 34.7 Å². The molecule has 0 saturated carbocycles. The van der Waals surface area contributed by atoms with Crippen LogP contribution < -0.4 is 0 Å². The molecule has 2 unspecified atom stereocenters. The standard InChI is InChI=1S/C13H27NO/c1-10(2)12-7-6-8-14(12)9-13(5,15)11(3)4/h10-12,15H,6-9H2,1-5H3. The van der Waals surface area contributed by atoms with Gasteiger partial charge in [-0.15, -0.1) is 0 Å². The SMILES string of the molecule is CC(C)C1CCCN1CC(C)(O)C(C)C. The molecule has 2 nitrogen and oxygen atoms in total. The molecule has 0 aromatic rings. The van der Waals surface area contributed by atoms with E-state index in [1.54, 1.807) is 0 Å². The topological polar surface area (TPSA) is 23.5 Å². The summed E-state index contributed by atoms with van der Waals surface area (Å²) in [7, 11) is 0. The van der Waals surface area contributed by atoms with E-state index < -0.39 is 5.60 Å². The molecule has 1 heterocycles. The third kappa shape index (κ3) is 3.18. The van der Waals surface area contributed by atoms with Crippen molar-refractivity contribution in [1.82, 2.24) is 4.90 Å². The maximum atomic E-state index is 10.3. The first-order chi connectivity index (χ1) is 6.84. The Morgan fingerprint density at radius 3 is 2.40 bits per heavy atom. The second-order valence-corrected chi connectivity index (χ2v) is 5.94. The van der Waals surface area contributed by atoms with Gasteiger partial charge in [-0.05, 0) is 38.1 Å². The van der Waals surface area contributed by atoms with Gasteiger partial charge in [0.2, 0.25) is 0 Å². The number of hydrogen-bond acceptors (Lipinski definition) is 2. The average molecular weight is 213 g/mol. The zero-order valence-electron chi connectivity index (χ0n) is 11.0. The fourth-order valence-corrected chi connectivity index (χ4v) is 2.40. The molecule has 0 amide bonds. The van der Waals surface area contributed by atoms with E-state index in [0.29, 0.717) is 17.9 Å². The van der Waals surface area contributed by atoms with Crippen molar-refractivity contribution in [3.05, 3.63) is 0 Å². The highest BCUT2D eigenvalue weighted by Gasteiger charge is 2.34. The molecule has 0 spiro atoms. The van der Waals surface area contributed by atoms with E-state index in [-0.39, 0.29) is 0 Å². The number of hydrogen-bond donors (Lipinski definition) is 1. The van der Waals surface area contributed by atoms with Gasteiger partial charge >= 0.3 is 0 Å². The van der Waals surface area contributed by atoms with Crippen LogP contribution in [0.25, 0.3) is 0 Å². The number of aliphatic hydroxyl groups is 1. The minimum absolute atomic E-state index is 0.325. The maximum absolute atomic E-state index is 10.3. The quantitative estimate of drug-likeness (QED) is 0.775. The minimum atomic E-state index is -0.544. The van der Waals surface area contributed by atoms with Crippen molar-refractivity contribution in [2.45, 2.75) is 59.1 Å². The smallest absolute Gasteiger partial charge is 0.0768 e. The van der Waals surface area contributed by atoms with Gasteiger partial charge in [-0.1, -0.05) is 27.7 Å². The van der Waals surface area contributed by atoms with Crippen LogP contribution in [0.3, 0.4) is 0 Å². The lowest BCUT2D eigenvalue weighted by Crippen LogP contribution is -2.47. The lowest BCUT2D eigenvalue weighted by Gasteiger charge is -2.36. The molecule has 1 N–H and O–H groups in total. The Hall–Kier alpha value is -0.0800. The van der Waals surface area contributed by atoms with E-state index in [1.807, 2.05) is 6.92 Å². The van der Waals surface area contributed by atoms with Crippen LogP contribution >= 0.6 is 0 Å². The van der Waals surface area contributed by atoms with Gasteiger partial charge in [0, 0.05) is 12.6 Å². The Bertz CT molecular complexity index is 199. The Kier molecular flexibility index (Phi) is 4.19. The molecule has 0 aromatic heterocycles. The molecule has 1 fully saturated rings. The van der Waals surface area contributed by atoms with Gasteiger partial charge < -0.3 is 5.11 Å². The first kappa shape index (κ1) is 13.0. The predicted octanol–water partition coefficient (Wildman–Crippen LogP) is 2.51. The van der Waals surface area contributed by atoms with Gasteiger partial charge in [-0.2, -0.15) is 0 Å². The van der Waals surface area contributed by atoms with Crippen molar-refractivity contribution in [2.75, 3.05) is 13.1 Å². The molecule has 0 aliphatic carbocycles. The maximum Gasteiger partial charge on any atom is 0.0768 e. The van der Waals surface area contributed by atoms with E-state index in [2.05, 4.69) is 32.6 Å². The van der Waals surface area contributed by atoms with Crippen LogP contribution in [0.2, 0.25) is 0 Å². The van der Waals surface area contributed by atoms with Crippen molar-refractivity contribution in [2.24, 2.45) is 11.8 Å². The molecule has 0 aromatic carbocycles. The summed E-state index contributed by atoms with van der Waals surface area (Å²) in [4.78, 5) is 2.48. The average Bonchev–Trinajstić information content (AvgIpc) is 2.51. The predicted molar refractivity (Wildman–Crippen MR) is 64.9 cm³/mol. The summed E-state index contributed by atoms with van der Waals surface area (Å²) in [6.45, 7) is 12.7. The van der Waals surface area contributed by atoms with Crippen LogP contribution in [0.5, 0.6) is 0 Å². The molecular weight excluding hydrogens is 186 g/mol. The van der Waals surface area contributed by atoms with E-state index in [4.69, 9.17) is 0 Å². The molecular formula is C13H27NO. The number of likely N-dealkylation sites (tertiary alicyclic amines) is 1. The largest absolute Gasteiger partial charge is 0.389 e. The van der Waals surface area contributed by atoms with Crippen molar-refractivity contribution >= 4 is 0 Å². The lowest BCUT2D eigenvalue weighted by atomic mass is 9.91. The highest BCUT2D eigenvalue weighted by molar-refractivity contribution is 4.88. The molecule has 90 valence electrons. The van der Waals surface area contributed by atoms with Gasteiger partial charge in [-0.25, -0.2) is 0 Å². The zero-order valence-corrected chi connectivity index (χ0v) is 11.0. The summed E-state index contributed by atoms with van der Waals surface area (Å²) in [5, 5.41) is 10.3. The highest BCUT2D eigenvalue weighted by atomic mass is 16.3. The van der Waals surface area contributed by atoms with E-state index in [9.17, 15) is 5.11 Å². The van der Waals surface area contributed by atoms with E-state index in [1.165, 1.54) is 12.8 Å². The summed E-state index contributed by atoms with van der Waals surface area (Å²) in [5.74, 6) is 1.03. The second-order valence-electron chi connectivity index (χ2n) is 5.94. The van der Waals surface area contributed by atoms with Crippen molar-refractivity contribution < 1.29 is 5.11 Å². The molecule has 2 atom stereocenters.